The zero-order valence-electron chi connectivity index (χ0n) is 20.9. The van der Waals surface area contributed by atoms with E-state index < -0.39 is 0 Å². The van der Waals surface area contributed by atoms with Gasteiger partial charge in [0.15, 0.2) is 5.82 Å². The summed E-state index contributed by atoms with van der Waals surface area (Å²) in [5.74, 6) is 1.62. The van der Waals surface area contributed by atoms with Crippen LogP contribution < -0.4 is 5.32 Å². The molecule has 3 aliphatic rings. The Kier molecular flexibility index (Phi) is 6.97. The summed E-state index contributed by atoms with van der Waals surface area (Å²) in [5.41, 5.74) is 3.87. The van der Waals surface area contributed by atoms with E-state index in [0.29, 0.717) is 24.5 Å². The lowest BCUT2D eigenvalue weighted by atomic mass is 10.0. The van der Waals surface area contributed by atoms with Gasteiger partial charge in [0.2, 0.25) is 0 Å². The number of pyridine rings is 1. The number of aromatic nitrogens is 4. The highest BCUT2D eigenvalue weighted by Gasteiger charge is 2.27. The van der Waals surface area contributed by atoms with Gasteiger partial charge in [-0.3, -0.25) is 9.78 Å². The largest absolute Gasteiger partial charge is 0.325 e. The highest BCUT2D eigenvalue weighted by atomic mass is 16.2. The number of aryl methyl sites for hydroxylation is 1. The molecule has 2 aromatic heterocycles. The molecule has 0 saturated carbocycles. The number of rotatable bonds is 5. The molecule has 2 aromatic rings. The van der Waals surface area contributed by atoms with Crippen LogP contribution in [0.5, 0.6) is 0 Å². The van der Waals surface area contributed by atoms with E-state index in [2.05, 4.69) is 31.6 Å². The molecule has 0 spiro atoms. The van der Waals surface area contributed by atoms with Crippen molar-refractivity contribution >= 4 is 17.5 Å². The normalized spacial score (nSPS) is 17.8. The molecule has 0 aromatic carbocycles. The fourth-order valence-corrected chi connectivity index (χ4v) is 5.07. The van der Waals surface area contributed by atoms with Crippen molar-refractivity contribution in [2.45, 2.75) is 58.5 Å². The smallest absolute Gasteiger partial charge is 0.320 e. The molecule has 0 radical (unpaired) electrons. The lowest BCUT2D eigenvalue weighted by Gasteiger charge is -2.32. The first kappa shape index (κ1) is 24.0. The molecule has 0 aliphatic carbocycles. The first-order valence-electron chi connectivity index (χ1n) is 12.8. The number of hydrogen-bond donors (Lipinski definition) is 1. The summed E-state index contributed by atoms with van der Waals surface area (Å²) < 4.78 is 2.18. The molecule has 1 saturated heterocycles. The Morgan fingerprint density at radius 3 is 2.64 bits per heavy atom. The average Bonchev–Trinajstić information content (AvgIpc) is 3.58. The third kappa shape index (κ3) is 5.10. The van der Waals surface area contributed by atoms with Gasteiger partial charge in [0.05, 0.1) is 0 Å². The van der Waals surface area contributed by atoms with Crippen molar-refractivity contribution in [3.63, 3.8) is 0 Å². The summed E-state index contributed by atoms with van der Waals surface area (Å²) in [7, 11) is 0. The molecule has 0 bridgehead atoms. The van der Waals surface area contributed by atoms with Crippen LogP contribution in [0.4, 0.5) is 4.79 Å². The summed E-state index contributed by atoms with van der Waals surface area (Å²) >= 11 is 0. The molecule has 1 fully saturated rings. The number of allylic oxidation sites excluding steroid dienone is 4. The van der Waals surface area contributed by atoms with E-state index in [1.807, 2.05) is 28.9 Å². The number of nitrogens with zero attached hydrogens (tertiary/aromatic N) is 6. The van der Waals surface area contributed by atoms with Gasteiger partial charge in [0.1, 0.15) is 11.5 Å². The molecule has 1 N–H and O–H groups in total. The van der Waals surface area contributed by atoms with Crippen molar-refractivity contribution in [2.75, 3.05) is 19.6 Å². The Morgan fingerprint density at radius 2 is 1.81 bits per heavy atom. The van der Waals surface area contributed by atoms with Crippen molar-refractivity contribution < 1.29 is 9.59 Å². The first-order valence-corrected chi connectivity index (χ1v) is 12.8. The maximum Gasteiger partial charge on any atom is 0.320 e. The second-order valence-electron chi connectivity index (χ2n) is 9.72. The maximum absolute atomic E-state index is 12.8. The van der Waals surface area contributed by atoms with Crippen molar-refractivity contribution in [1.29, 1.82) is 0 Å². The van der Waals surface area contributed by atoms with Crippen molar-refractivity contribution in [3.8, 4) is 0 Å². The van der Waals surface area contributed by atoms with Gasteiger partial charge in [0.25, 0.3) is 5.91 Å². The Morgan fingerprint density at radius 1 is 1.00 bits per heavy atom. The van der Waals surface area contributed by atoms with E-state index in [-0.39, 0.29) is 11.9 Å². The lowest BCUT2D eigenvalue weighted by molar-refractivity contribution is 0.0962. The molecule has 9 nitrogen and oxygen atoms in total. The Bertz CT molecular complexity index is 1240. The van der Waals surface area contributed by atoms with Gasteiger partial charge in [-0.25, -0.2) is 4.79 Å². The Balaban J connectivity index is 1.19. The van der Waals surface area contributed by atoms with Crippen LogP contribution in [0.25, 0.3) is 5.57 Å². The summed E-state index contributed by atoms with van der Waals surface area (Å²) in [5, 5.41) is 11.4. The molecule has 188 valence electrons. The number of carbonyl (C=O) groups is 2. The number of nitrogens with one attached hydrogen (secondary N) is 1. The zero-order chi connectivity index (χ0) is 25.1. The van der Waals surface area contributed by atoms with E-state index >= 15 is 0 Å². The SMILES string of the molecule is C=C(/C=C\C=C(/C)c1nnc2n1CCCC2)NC(=O)c1cc2c(cn1)CCN(C(=O)N1CCCC1)C2. The van der Waals surface area contributed by atoms with Gasteiger partial charge in [-0.05, 0) is 67.9 Å². The molecule has 0 unspecified atom stereocenters. The molecule has 9 heteroatoms. The summed E-state index contributed by atoms with van der Waals surface area (Å²) in [4.78, 5) is 33.8. The molecule has 36 heavy (non-hydrogen) atoms. The third-order valence-corrected chi connectivity index (χ3v) is 7.10. The van der Waals surface area contributed by atoms with Crippen LogP contribution in [0, 0.1) is 0 Å². The summed E-state index contributed by atoms with van der Waals surface area (Å²) in [6, 6.07) is 1.89. The molecule has 3 amide bonds. The number of likely N-dealkylation sites (tertiary alicyclic amines) is 1. The molecule has 5 rings (SSSR count). The number of hydrogen-bond acceptors (Lipinski definition) is 5. The number of urea groups is 1. The monoisotopic (exact) mass is 487 g/mol. The van der Waals surface area contributed by atoms with Gasteiger partial charge >= 0.3 is 6.03 Å². The highest BCUT2D eigenvalue weighted by molar-refractivity contribution is 5.94. The van der Waals surface area contributed by atoms with E-state index in [1.54, 1.807) is 18.3 Å². The second-order valence-corrected chi connectivity index (χ2v) is 9.72. The van der Waals surface area contributed by atoms with E-state index in [0.717, 1.165) is 86.5 Å². The number of amides is 3. The Labute approximate surface area is 211 Å². The first-order chi connectivity index (χ1) is 17.5. The quantitative estimate of drug-likeness (QED) is 0.652. The van der Waals surface area contributed by atoms with Crippen LogP contribution >= 0.6 is 0 Å². The fourth-order valence-electron chi connectivity index (χ4n) is 5.07. The molecule has 0 atom stereocenters. The van der Waals surface area contributed by atoms with E-state index in [4.69, 9.17) is 0 Å². The molecule has 5 heterocycles. The van der Waals surface area contributed by atoms with Crippen molar-refractivity contribution in [1.82, 2.24) is 34.9 Å². The minimum Gasteiger partial charge on any atom is -0.325 e. The summed E-state index contributed by atoms with van der Waals surface area (Å²) in [6.07, 6.45) is 13.5. The minimum absolute atomic E-state index is 0.0921. The van der Waals surface area contributed by atoms with Gasteiger partial charge in [-0.15, -0.1) is 10.2 Å². The van der Waals surface area contributed by atoms with Crippen molar-refractivity contribution in [3.05, 3.63) is 71.2 Å². The molecular weight excluding hydrogens is 454 g/mol. The van der Waals surface area contributed by atoms with Crippen LogP contribution in [0.2, 0.25) is 0 Å². The minimum atomic E-state index is -0.317. The van der Waals surface area contributed by atoms with Gasteiger partial charge in [-0.1, -0.05) is 18.7 Å². The Hall–Kier alpha value is -3.75. The lowest BCUT2D eigenvalue weighted by Crippen LogP contribution is -2.44. The number of fused-ring (bicyclic) bond motifs is 2. The standard InChI is InChI=1S/C27H33N7O2/c1-19(25-31-30-24-10-3-4-14-34(24)25)8-7-9-20(2)29-26(35)23-16-22-18-33(15-11-21(22)17-28-23)27(36)32-12-5-6-13-32/h7-9,16-17H,2-6,10-15,18H2,1H3,(H,29,35)/b9-7-,19-8+. The fraction of sp³-hybridized carbons (Fsp3) is 0.444. The van der Waals surface area contributed by atoms with Crippen LogP contribution in [0.3, 0.4) is 0 Å². The van der Waals surface area contributed by atoms with Gasteiger partial charge < -0.3 is 19.7 Å². The third-order valence-electron chi connectivity index (χ3n) is 7.10. The van der Waals surface area contributed by atoms with Gasteiger partial charge in [-0.2, -0.15) is 0 Å². The van der Waals surface area contributed by atoms with Crippen LogP contribution in [0.15, 0.2) is 42.8 Å². The topological polar surface area (TPSA) is 96.2 Å². The maximum atomic E-state index is 12.8. The van der Waals surface area contributed by atoms with E-state index in [1.165, 1.54) is 0 Å². The van der Waals surface area contributed by atoms with Gasteiger partial charge in [0, 0.05) is 51.0 Å². The van der Waals surface area contributed by atoms with Crippen LogP contribution in [-0.2, 0) is 25.9 Å². The van der Waals surface area contributed by atoms with Crippen LogP contribution in [0.1, 0.15) is 65.9 Å². The second kappa shape index (κ2) is 10.5. The predicted octanol–water partition coefficient (Wildman–Crippen LogP) is 3.49. The highest BCUT2D eigenvalue weighted by Crippen LogP contribution is 2.22. The summed E-state index contributed by atoms with van der Waals surface area (Å²) in [6.45, 7) is 9.76. The van der Waals surface area contributed by atoms with E-state index in [9.17, 15) is 9.59 Å². The molecular formula is C27H33N7O2. The zero-order valence-corrected chi connectivity index (χ0v) is 20.9. The average molecular weight is 488 g/mol. The molecule has 3 aliphatic heterocycles. The predicted molar refractivity (Wildman–Crippen MR) is 137 cm³/mol. The van der Waals surface area contributed by atoms with Crippen LogP contribution in [-0.4, -0.2) is 61.1 Å². The number of carbonyl (C=O) groups excluding carboxylic acids is 2. The van der Waals surface area contributed by atoms with Crippen molar-refractivity contribution in [2.24, 2.45) is 0 Å².